The van der Waals surface area contributed by atoms with Crippen molar-refractivity contribution >= 4 is 28.6 Å². The molecule has 7 heteroatoms. The van der Waals surface area contributed by atoms with Gasteiger partial charge in [0.15, 0.2) is 0 Å². The quantitative estimate of drug-likeness (QED) is 0.405. The Morgan fingerprint density at radius 3 is 2.04 bits per heavy atom. The number of quaternary nitrogens is 1. The minimum absolute atomic E-state index is 0. The largest absolute Gasteiger partial charge is 1.00 e. The third-order valence-corrected chi connectivity index (χ3v) is 7.56. The number of carbonyl (C=O) groups excluding carboxylic acids is 1. The second kappa shape index (κ2) is 7.20. The average Bonchev–Trinajstić information content (AvgIpc) is 3.29. The lowest BCUT2D eigenvalue weighted by atomic mass is 9.95. The number of ether oxygens (including phenoxy) is 1. The van der Waals surface area contributed by atoms with E-state index in [4.69, 9.17) is 4.74 Å². The number of thiophene rings is 2. The minimum Gasteiger partial charge on any atom is -1.00 e. The molecule has 0 aliphatic carbocycles. The number of carbonyl (C=O) groups is 1. The van der Waals surface area contributed by atoms with Gasteiger partial charge in [-0.2, -0.15) is 0 Å². The Hall–Kier alpha value is -0.990. The smallest absolute Gasteiger partial charge is 0.349 e. The molecule has 4 heterocycles. The first-order valence-corrected chi connectivity index (χ1v) is 10.2. The maximum atomic E-state index is 13.0. The summed E-state index contributed by atoms with van der Waals surface area (Å²) in [6, 6.07) is 8.00. The van der Waals surface area contributed by atoms with Gasteiger partial charge >= 0.3 is 5.97 Å². The standard InChI is InChI=1S/C19H22NO3S2.BrH/c1-20(2)13-7-8-14(20)12-15(11-13)23-18(21)19(22,16-5-3-9-24-16)17-6-4-10-25-17;/h3-10,13-15,22H,11-12H2,1-2H3;1H/q+1;/p-1. The molecule has 0 aromatic carbocycles. The third kappa shape index (κ3) is 3.10. The lowest BCUT2D eigenvalue weighted by Gasteiger charge is -2.44. The number of piperidine rings is 1. The summed E-state index contributed by atoms with van der Waals surface area (Å²) in [5, 5.41) is 15.0. The van der Waals surface area contributed by atoms with Gasteiger partial charge in [-0.1, -0.05) is 12.1 Å². The Morgan fingerprint density at radius 1 is 1.12 bits per heavy atom. The number of esters is 1. The summed E-state index contributed by atoms with van der Waals surface area (Å²) in [4.78, 5) is 14.2. The van der Waals surface area contributed by atoms with Gasteiger partial charge in [-0.25, -0.2) is 4.79 Å². The molecule has 0 amide bonds. The molecule has 0 spiro atoms. The molecule has 2 atom stereocenters. The van der Waals surface area contributed by atoms with Crippen LogP contribution in [0.3, 0.4) is 0 Å². The Morgan fingerprint density at radius 2 is 1.62 bits per heavy atom. The molecule has 2 unspecified atom stereocenters. The molecule has 0 saturated carbocycles. The summed E-state index contributed by atoms with van der Waals surface area (Å²) >= 11 is 2.74. The van der Waals surface area contributed by atoms with Gasteiger partial charge in [0, 0.05) is 12.8 Å². The molecule has 1 N–H and O–H groups in total. The average molecular weight is 456 g/mol. The van der Waals surface area contributed by atoms with Crippen molar-refractivity contribution in [3.63, 3.8) is 0 Å². The van der Waals surface area contributed by atoms with E-state index in [0.717, 1.165) is 17.3 Å². The zero-order valence-electron chi connectivity index (χ0n) is 14.7. The van der Waals surface area contributed by atoms with Crippen LogP contribution in [0.4, 0.5) is 0 Å². The van der Waals surface area contributed by atoms with Crippen LogP contribution in [0.1, 0.15) is 22.6 Å². The molecule has 2 aliphatic rings. The van der Waals surface area contributed by atoms with Crippen LogP contribution in [0.25, 0.3) is 0 Å². The highest BCUT2D eigenvalue weighted by Crippen LogP contribution is 2.40. The van der Waals surface area contributed by atoms with E-state index in [9.17, 15) is 9.90 Å². The first kappa shape index (κ1) is 19.8. The number of halogens is 1. The number of nitrogens with zero attached hydrogens (tertiary/aromatic N) is 1. The predicted octanol–water partition coefficient (Wildman–Crippen LogP) is 0.139. The highest BCUT2D eigenvalue weighted by atomic mass is 79.9. The van der Waals surface area contributed by atoms with Gasteiger partial charge in [-0.3, -0.25) is 0 Å². The minimum atomic E-state index is -1.71. The van der Waals surface area contributed by atoms with Crippen LogP contribution in [-0.4, -0.2) is 47.8 Å². The molecule has 26 heavy (non-hydrogen) atoms. The molecule has 1 saturated heterocycles. The van der Waals surface area contributed by atoms with E-state index in [2.05, 4.69) is 26.2 Å². The molecule has 2 aromatic heterocycles. The maximum absolute atomic E-state index is 13.0. The molecule has 1 fully saturated rings. The van der Waals surface area contributed by atoms with Crippen molar-refractivity contribution in [1.82, 2.24) is 0 Å². The van der Waals surface area contributed by atoms with Crippen LogP contribution < -0.4 is 17.0 Å². The van der Waals surface area contributed by atoms with Gasteiger partial charge in [-0.15, -0.1) is 22.7 Å². The number of likely N-dealkylation sites (N-methyl/N-ethyl adjacent to an activating group) is 1. The van der Waals surface area contributed by atoms with Crippen molar-refractivity contribution < 1.29 is 36.1 Å². The summed E-state index contributed by atoms with van der Waals surface area (Å²) < 4.78 is 6.78. The van der Waals surface area contributed by atoms with Crippen molar-refractivity contribution in [2.24, 2.45) is 0 Å². The van der Waals surface area contributed by atoms with Crippen molar-refractivity contribution in [2.45, 2.75) is 36.6 Å². The molecule has 0 radical (unpaired) electrons. The number of aliphatic hydroxyl groups is 1. The van der Waals surface area contributed by atoms with E-state index in [-0.39, 0.29) is 23.1 Å². The topological polar surface area (TPSA) is 46.5 Å². The van der Waals surface area contributed by atoms with Crippen LogP contribution in [0.2, 0.25) is 0 Å². The van der Waals surface area contributed by atoms with Gasteiger partial charge in [0.05, 0.1) is 23.8 Å². The SMILES string of the molecule is C[N+]1(C)C2C=CC1CC(OC(=O)C(O)(c1cccs1)c1cccs1)C2.[Br-]. The van der Waals surface area contributed by atoms with E-state index in [1.165, 1.54) is 22.7 Å². The van der Waals surface area contributed by atoms with E-state index in [0.29, 0.717) is 21.8 Å². The maximum Gasteiger partial charge on any atom is 0.349 e. The first-order valence-electron chi connectivity index (χ1n) is 8.45. The van der Waals surface area contributed by atoms with E-state index >= 15 is 0 Å². The van der Waals surface area contributed by atoms with Crippen LogP contribution in [0, 0.1) is 0 Å². The monoisotopic (exact) mass is 455 g/mol. The van der Waals surface area contributed by atoms with Crippen molar-refractivity contribution in [2.75, 3.05) is 14.1 Å². The zero-order chi connectivity index (χ0) is 17.7. The van der Waals surface area contributed by atoms with Crippen LogP contribution >= 0.6 is 22.7 Å². The summed E-state index contributed by atoms with van der Waals surface area (Å²) in [5.41, 5.74) is -1.71. The number of hydrogen-bond acceptors (Lipinski definition) is 5. The number of rotatable bonds is 4. The van der Waals surface area contributed by atoms with Crippen LogP contribution in [0.5, 0.6) is 0 Å². The van der Waals surface area contributed by atoms with Gasteiger partial charge in [0.1, 0.15) is 18.2 Å². The lowest BCUT2D eigenvalue weighted by Crippen LogP contribution is -3.00. The van der Waals surface area contributed by atoms with Gasteiger partial charge < -0.3 is 31.3 Å². The predicted molar refractivity (Wildman–Crippen MR) is 99.6 cm³/mol. The first-order chi connectivity index (χ1) is 11.9. The second-order valence-corrected chi connectivity index (χ2v) is 9.21. The summed E-state index contributed by atoms with van der Waals surface area (Å²) in [6.07, 6.45) is 5.93. The summed E-state index contributed by atoms with van der Waals surface area (Å²) in [5.74, 6) is -0.561. The van der Waals surface area contributed by atoms with Crippen molar-refractivity contribution in [3.05, 3.63) is 56.9 Å². The van der Waals surface area contributed by atoms with Crippen LogP contribution in [-0.2, 0) is 15.1 Å². The molecule has 2 bridgehead atoms. The zero-order valence-corrected chi connectivity index (χ0v) is 17.9. The Bertz CT molecular complexity index is 734. The fraction of sp³-hybridized carbons (Fsp3) is 0.421. The molecule has 2 aromatic rings. The summed E-state index contributed by atoms with van der Waals surface area (Å²) in [6.45, 7) is 0. The van der Waals surface area contributed by atoms with E-state index in [1.54, 1.807) is 12.1 Å². The van der Waals surface area contributed by atoms with Crippen LogP contribution in [0.15, 0.2) is 47.2 Å². The molecule has 4 rings (SSSR count). The number of hydrogen-bond donors (Lipinski definition) is 1. The molecule has 2 aliphatic heterocycles. The lowest BCUT2D eigenvalue weighted by molar-refractivity contribution is -0.926. The Labute approximate surface area is 172 Å². The van der Waals surface area contributed by atoms with Gasteiger partial charge in [-0.05, 0) is 35.0 Å². The van der Waals surface area contributed by atoms with Crippen molar-refractivity contribution in [1.29, 1.82) is 0 Å². The Balaban J connectivity index is 0.00000196. The molecule has 4 nitrogen and oxygen atoms in total. The fourth-order valence-electron chi connectivity index (χ4n) is 3.91. The highest BCUT2D eigenvalue weighted by Gasteiger charge is 2.49. The molecular formula is C19H22BrNO3S2. The van der Waals surface area contributed by atoms with Gasteiger partial charge in [0.2, 0.25) is 5.60 Å². The van der Waals surface area contributed by atoms with E-state index < -0.39 is 11.6 Å². The Kier molecular flexibility index (Phi) is 5.48. The molecule has 140 valence electrons. The number of fused-ring (bicyclic) bond motifs is 2. The highest BCUT2D eigenvalue weighted by molar-refractivity contribution is 7.12. The third-order valence-electron chi connectivity index (χ3n) is 5.60. The van der Waals surface area contributed by atoms with Gasteiger partial charge in [0.25, 0.3) is 0 Å². The molecular weight excluding hydrogens is 434 g/mol. The second-order valence-electron chi connectivity index (χ2n) is 7.31. The fourth-order valence-corrected chi connectivity index (χ4v) is 5.62. The summed E-state index contributed by atoms with van der Waals surface area (Å²) in [7, 11) is 4.45. The normalized spacial score (nSPS) is 26.3. The van der Waals surface area contributed by atoms with Crippen molar-refractivity contribution in [3.8, 4) is 0 Å². The van der Waals surface area contributed by atoms with E-state index in [1.807, 2.05) is 22.9 Å².